The third-order valence-corrected chi connectivity index (χ3v) is 4.49. The minimum absolute atomic E-state index is 0.0642. The zero-order chi connectivity index (χ0) is 16.8. The standard InChI is InChI=1S/C20H24ClNO/c1-4-19(17-11-9-14(2)13-15(17)3)22-20(23)12-10-16-7-5-6-8-18(16)21/h5-9,11,13,19H,4,10,12H2,1-3H3,(H,22,23)/t19-/m1/s1. The van der Waals surface area contributed by atoms with Crippen LogP contribution in [-0.2, 0) is 11.2 Å². The zero-order valence-corrected chi connectivity index (χ0v) is 14.8. The fourth-order valence-electron chi connectivity index (χ4n) is 2.83. The van der Waals surface area contributed by atoms with Crippen LogP contribution in [-0.4, -0.2) is 5.91 Å². The van der Waals surface area contributed by atoms with E-state index < -0.39 is 0 Å². The third kappa shape index (κ3) is 4.84. The van der Waals surface area contributed by atoms with E-state index in [2.05, 4.69) is 44.3 Å². The van der Waals surface area contributed by atoms with E-state index in [1.54, 1.807) is 0 Å². The fraction of sp³-hybridized carbons (Fsp3) is 0.350. The second-order valence-electron chi connectivity index (χ2n) is 5.98. The summed E-state index contributed by atoms with van der Waals surface area (Å²) in [6, 6.07) is 14.1. The summed E-state index contributed by atoms with van der Waals surface area (Å²) in [5.41, 5.74) is 4.68. The average molecular weight is 330 g/mol. The average Bonchev–Trinajstić information content (AvgIpc) is 2.52. The number of aryl methyl sites for hydroxylation is 3. The predicted octanol–water partition coefficient (Wildman–Crippen LogP) is 5.16. The summed E-state index contributed by atoms with van der Waals surface area (Å²) < 4.78 is 0. The number of carbonyl (C=O) groups excluding carboxylic acids is 1. The van der Waals surface area contributed by atoms with Crippen LogP contribution in [0.4, 0.5) is 0 Å². The summed E-state index contributed by atoms with van der Waals surface area (Å²) in [5, 5.41) is 3.87. The van der Waals surface area contributed by atoms with E-state index in [1.807, 2.05) is 24.3 Å². The Bertz CT molecular complexity index is 681. The number of nitrogens with one attached hydrogen (secondary N) is 1. The summed E-state index contributed by atoms with van der Waals surface area (Å²) in [6.07, 6.45) is 1.99. The van der Waals surface area contributed by atoms with Crippen molar-refractivity contribution in [2.45, 2.75) is 46.1 Å². The molecule has 2 nitrogen and oxygen atoms in total. The highest BCUT2D eigenvalue weighted by molar-refractivity contribution is 6.31. The van der Waals surface area contributed by atoms with Gasteiger partial charge in [-0.3, -0.25) is 4.79 Å². The maximum atomic E-state index is 12.3. The Kier molecular flexibility index (Phi) is 6.23. The first-order valence-electron chi connectivity index (χ1n) is 8.11. The number of benzene rings is 2. The van der Waals surface area contributed by atoms with Crippen LogP contribution in [0.3, 0.4) is 0 Å². The quantitative estimate of drug-likeness (QED) is 0.779. The number of halogens is 1. The second kappa shape index (κ2) is 8.16. The molecule has 1 N–H and O–H groups in total. The van der Waals surface area contributed by atoms with Crippen molar-refractivity contribution in [3.63, 3.8) is 0 Å². The van der Waals surface area contributed by atoms with Crippen molar-refractivity contribution < 1.29 is 4.79 Å². The minimum Gasteiger partial charge on any atom is -0.349 e. The smallest absolute Gasteiger partial charge is 0.220 e. The molecule has 2 aromatic rings. The van der Waals surface area contributed by atoms with Crippen LogP contribution in [0.2, 0.25) is 5.02 Å². The fourth-order valence-corrected chi connectivity index (χ4v) is 3.06. The molecule has 2 rings (SSSR count). The van der Waals surface area contributed by atoms with Crippen LogP contribution >= 0.6 is 11.6 Å². The molecule has 0 aliphatic rings. The van der Waals surface area contributed by atoms with Crippen LogP contribution < -0.4 is 5.32 Å². The van der Waals surface area contributed by atoms with Crippen molar-refractivity contribution in [2.24, 2.45) is 0 Å². The van der Waals surface area contributed by atoms with Crippen LogP contribution in [0.25, 0.3) is 0 Å². The van der Waals surface area contributed by atoms with Gasteiger partial charge in [0.25, 0.3) is 0 Å². The molecule has 1 amide bonds. The summed E-state index contributed by atoms with van der Waals surface area (Å²) in [4.78, 5) is 12.3. The summed E-state index contributed by atoms with van der Waals surface area (Å²) in [7, 11) is 0. The molecule has 0 saturated heterocycles. The molecule has 2 aromatic carbocycles. The predicted molar refractivity (Wildman–Crippen MR) is 96.9 cm³/mol. The third-order valence-electron chi connectivity index (χ3n) is 4.12. The highest BCUT2D eigenvalue weighted by Crippen LogP contribution is 2.22. The van der Waals surface area contributed by atoms with Crippen LogP contribution in [0.5, 0.6) is 0 Å². The first-order valence-corrected chi connectivity index (χ1v) is 8.49. The van der Waals surface area contributed by atoms with E-state index in [9.17, 15) is 4.79 Å². The number of rotatable bonds is 6. The van der Waals surface area contributed by atoms with Crippen molar-refractivity contribution >= 4 is 17.5 Å². The largest absolute Gasteiger partial charge is 0.349 e. The van der Waals surface area contributed by atoms with Gasteiger partial charge in [-0.05, 0) is 49.4 Å². The molecule has 0 bridgehead atoms. The topological polar surface area (TPSA) is 29.1 Å². The molecule has 0 radical (unpaired) electrons. The first-order chi connectivity index (χ1) is 11.0. The van der Waals surface area contributed by atoms with Crippen molar-refractivity contribution in [2.75, 3.05) is 0 Å². The molecule has 0 heterocycles. The van der Waals surface area contributed by atoms with Gasteiger partial charge in [0.15, 0.2) is 0 Å². The SMILES string of the molecule is CC[C@@H](NC(=O)CCc1ccccc1Cl)c1ccc(C)cc1C. The van der Waals surface area contributed by atoms with Gasteiger partial charge >= 0.3 is 0 Å². The summed E-state index contributed by atoms with van der Waals surface area (Å²) in [6.45, 7) is 6.28. The van der Waals surface area contributed by atoms with Crippen LogP contribution in [0.15, 0.2) is 42.5 Å². The molecule has 0 aromatic heterocycles. The lowest BCUT2D eigenvalue weighted by Gasteiger charge is -2.20. The monoisotopic (exact) mass is 329 g/mol. The molecule has 0 aliphatic heterocycles. The van der Waals surface area contributed by atoms with Crippen molar-refractivity contribution in [1.29, 1.82) is 0 Å². The number of hydrogen-bond acceptors (Lipinski definition) is 1. The Hall–Kier alpha value is -1.80. The molecular formula is C20H24ClNO. The van der Waals surface area contributed by atoms with Gasteiger partial charge in [-0.1, -0.05) is 60.5 Å². The van der Waals surface area contributed by atoms with Gasteiger partial charge in [-0.15, -0.1) is 0 Å². The molecule has 1 atom stereocenters. The Morgan fingerprint density at radius 1 is 1.17 bits per heavy atom. The summed E-state index contributed by atoms with van der Waals surface area (Å²) in [5.74, 6) is 0.0664. The second-order valence-corrected chi connectivity index (χ2v) is 6.39. The number of carbonyl (C=O) groups is 1. The zero-order valence-electron chi connectivity index (χ0n) is 14.0. The van der Waals surface area contributed by atoms with Crippen LogP contribution in [0.1, 0.15) is 48.1 Å². The Morgan fingerprint density at radius 3 is 2.57 bits per heavy atom. The minimum atomic E-state index is 0.0642. The number of amides is 1. The van der Waals surface area contributed by atoms with E-state index in [4.69, 9.17) is 11.6 Å². The van der Waals surface area contributed by atoms with Gasteiger partial charge < -0.3 is 5.32 Å². The number of hydrogen-bond donors (Lipinski definition) is 1. The normalized spacial score (nSPS) is 12.0. The lowest BCUT2D eigenvalue weighted by atomic mass is 9.97. The van der Waals surface area contributed by atoms with Crippen molar-refractivity contribution in [3.8, 4) is 0 Å². The lowest BCUT2D eigenvalue weighted by Crippen LogP contribution is -2.28. The van der Waals surface area contributed by atoms with Gasteiger partial charge in [0.1, 0.15) is 0 Å². The molecule has 0 spiro atoms. The van der Waals surface area contributed by atoms with E-state index in [0.29, 0.717) is 12.8 Å². The van der Waals surface area contributed by atoms with E-state index in [1.165, 1.54) is 16.7 Å². The van der Waals surface area contributed by atoms with Crippen LogP contribution in [0, 0.1) is 13.8 Å². The van der Waals surface area contributed by atoms with Gasteiger partial charge in [-0.2, -0.15) is 0 Å². The summed E-state index contributed by atoms with van der Waals surface area (Å²) >= 11 is 6.14. The molecule has 0 aliphatic carbocycles. The van der Waals surface area contributed by atoms with Crippen molar-refractivity contribution in [1.82, 2.24) is 5.32 Å². The van der Waals surface area contributed by atoms with E-state index in [0.717, 1.165) is 17.0 Å². The molecule has 122 valence electrons. The van der Waals surface area contributed by atoms with Gasteiger partial charge in [0.2, 0.25) is 5.91 Å². The highest BCUT2D eigenvalue weighted by atomic mass is 35.5. The van der Waals surface area contributed by atoms with Gasteiger partial charge in [0, 0.05) is 11.4 Å². The Labute approximate surface area is 143 Å². The molecular weight excluding hydrogens is 306 g/mol. The van der Waals surface area contributed by atoms with Gasteiger partial charge in [0.05, 0.1) is 6.04 Å². The van der Waals surface area contributed by atoms with Gasteiger partial charge in [-0.25, -0.2) is 0 Å². The maximum Gasteiger partial charge on any atom is 0.220 e. The molecule has 23 heavy (non-hydrogen) atoms. The highest BCUT2D eigenvalue weighted by Gasteiger charge is 2.15. The van der Waals surface area contributed by atoms with E-state index >= 15 is 0 Å². The lowest BCUT2D eigenvalue weighted by molar-refractivity contribution is -0.121. The maximum absolute atomic E-state index is 12.3. The molecule has 0 unspecified atom stereocenters. The Balaban J connectivity index is 1.98. The molecule has 0 saturated carbocycles. The van der Waals surface area contributed by atoms with E-state index in [-0.39, 0.29) is 11.9 Å². The molecule has 3 heteroatoms. The Morgan fingerprint density at radius 2 is 1.91 bits per heavy atom. The first kappa shape index (κ1) is 17.6. The van der Waals surface area contributed by atoms with Crippen molar-refractivity contribution in [3.05, 3.63) is 69.7 Å². The molecule has 0 fully saturated rings.